The summed E-state index contributed by atoms with van der Waals surface area (Å²) < 4.78 is 12.3. The van der Waals surface area contributed by atoms with Crippen LogP contribution in [0.25, 0.3) is 0 Å². The lowest BCUT2D eigenvalue weighted by Crippen LogP contribution is -2.54. The monoisotopic (exact) mass is 754 g/mol. The molecule has 0 N–H and O–H groups in total. The largest absolute Gasteiger partial charge is 0.452 e. The van der Waals surface area contributed by atoms with Crippen LogP contribution in [0.3, 0.4) is 0 Å². The van der Waals surface area contributed by atoms with E-state index in [1.54, 1.807) is 12.4 Å². The summed E-state index contributed by atoms with van der Waals surface area (Å²) in [5.41, 5.74) is 7.68. The summed E-state index contributed by atoms with van der Waals surface area (Å²) in [5, 5.41) is 0. The van der Waals surface area contributed by atoms with E-state index in [0.29, 0.717) is 88.7 Å². The summed E-state index contributed by atoms with van der Waals surface area (Å²) in [6.45, 7) is 6.57. The van der Waals surface area contributed by atoms with Crippen molar-refractivity contribution >= 4 is 23.5 Å². The van der Waals surface area contributed by atoms with Crippen molar-refractivity contribution in [1.82, 2.24) is 19.8 Å². The third-order valence-corrected chi connectivity index (χ3v) is 12.6. The van der Waals surface area contributed by atoms with Crippen LogP contribution >= 0.6 is 0 Å². The van der Waals surface area contributed by atoms with Gasteiger partial charge in [-0.1, -0.05) is 48.5 Å². The van der Waals surface area contributed by atoms with Gasteiger partial charge in [0.2, 0.25) is 0 Å². The Balaban J connectivity index is 0.929. The Morgan fingerprint density at radius 2 is 0.875 bits per heavy atom. The van der Waals surface area contributed by atoms with Gasteiger partial charge in [-0.25, -0.2) is 9.59 Å². The third-order valence-electron chi connectivity index (χ3n) is 12.6. The quantitative estimate of drug-likeness (QED) is 0.125. The number of rotatable bonds is 8. The molecule has 4 aliphatic rings. The minimum atomic E-state index is -0.968. The summed E-state index contributed by atoms with van der Waals surface area (Å²) in [6, 6.07) is 23.6. The fraction of sp³-hybridized carbons (Fsp3) is 0.435. The van der Waals surface area contributed by atoms with Gasteiger partial charge in [0.05, 0.1) is 12.1 Å². The first-order valence-electron chi connectivity index (χ1n) is 20.2. The summed E-state index contributed by atoms with van der Waals surface area (Å²) in [6.07, 6.45) is 7.43. The number of carbonyl (C=O) groups excluding carboxylic acids is 4. The Morgan fingerprint density at radius 1 is 0.518 bits per heavy atom. The Bertz CT molecular complexity index is 1920. The number of carbonyl (C=O) groups is 4. The van der Waals surface area contributed by atoms with E-state index in [0.717, 1.165) is 22.5 Å². The van der Waals surface area contributed by atoms with Gasteiger partial charge in [0.1, 0.15) is 12.2 Å². The van der Waals surface area contributed by atoms with Gasteiger partial charge in [-0.2, -0.15) is 0 Å². The molecule has 0 bridgehead atoms. The number of aromatic nitrogens is 2. The van der Waals surface area contributed by atoms with Crippen LogP contribution in [0.1, 0.15) is 80.0 Å². The fourth-order valence-electron chi connectivity index (χ4n) is 9.36. The number of esters is 2. The van der Waals surface area contributed by atoms with Crippen molar-refractivity contribution in [3.05, 3.63) is 130 Å². The normalized spacial score (nSPS) is 23.4. The molecule has 4 unspecified atom stereocenters. The van der Waals surface area contributed by atoms with Crippen molar-refractivity contribution < 1.29 is 28.7 Å². The SMILES string of the molecule is Cc1ccc(C(=O)C2CCN(C3Cc4ccccc4CC3OC(=O)C(=O)OC3Cc4ccccc4CC3N3CCC(C(=O)c4ccc(C)nc4)CC3)CC2)cn1. The van der Waals surface area contributed by atoms with Gasteiger partial charge >= 0.3 is 11.9 Å². The summed E-state index contributed by atoms with van der Waals surface area (Å²) in [7, 11) is 0. The van der Waals surface area contributed by atoms with Gasteiger partial charge in [-0.15, -0.1) is 0 Å². The number of aryl methyl sites for hydroxylation is 2. The molecule has 2 aromatic heterocycles. The number of ketones is 2. The van der Waals surface area contributed by atoms with Crippen LogP contribution in [0, 0.1) is 25.7 Å². The fourth-order valence-corrected chi connectivity index (χ4v) is 9.36. The lowest BCUT2D eigenvalue weighted by atomic mass is 9.82. The van der Waals surface area contributed by atoms with Gasteiger partial charge in [0.15, 0.2) is 11.6 Å². The zero-order chi connectivity index (χ0) is 38.8. The van der Waals surface area contributed by atoms with E-state index in [9.17, 15) is 19.2 Å². The number of pyridine rings is 2. The molecular formula is C46H50N4O6. The first-order valence-corrected chi connectivity index (χ1v) is 20.2. The van der Waals surface area contributed by atoms with Crippen LogP contribution in [0.15, 0.2) is 85.2 Å². The van der Waals surface area contributed by atoms with Crippen LogP contribution < -0.4 is 0 Å². The molecule has 2 saturated heterocycles. The number of Topliss-reactive ketones (excluding diaryl/α,β-unsaturated/α-hetero) is 2. The minimum absolute atomic E-state index is 0.0899. The van der Waals surface area contributed by atoms with E-state index in [2.05, 4.69) is 44.0 Å². The van der Waals surface area contributed by atoms with Crippen LogP contribution in [0.2, 0.25) is 0 Å². The van der Waals surface area contributed by atoms with E-state index in [1.807, 2.05) is 62.4 Å². The van der Waals surface area contributed by atoms with E-state index in [1.165, 1.54) is 11.1 Å². The topological polar surface area (TPSA) is 119 Å². The number of piperidine rings is 2. The lowest BCUT2D eigenvalue weighted by Gasteiger charge is -2.43. The second-order valence-corrected chi connectivity index (χ2v) is 16.1. The number of hydrogen-bond acceptors (Lipinski definition) is 10. The van der Waals surface area contributed by atoms with Crippen LogP contribution in [0.4, 0.5) is 0 Å². The average molecular weight is 755 g/mol. The van der Waals surface area contributed by atoms with Crippen LogP contribution in [-0.2, 0) is 44.7 Å². The van der Waals surface area contributed by atoms with Crippen molar-refractivity contribution in [3.8, 4) is 0 Å². The predicted octanol–water partition coefficient (Wildman–Crippen LogP) is 5.74. The third kappa shape index (κ3) is 8.22. The number of fused-ring (bicyclic) bond motifs is 2. The maximum atomic E-state index is 13.7. The molecular weight excluding hydrogens is 705 g/mol. The maximum absolute atomic E-state index is 13.7. The Kier molecular flexibility index (Phi) is 11.2. The number of likely N-dealkylation sites (tertiary alicyclic amines) is 2. The predicted molar refractivity (Wildman–Crippen MR) is 210 cm³/mol. The van der Waals surface area contributed by atoms with Gasteiger partial charge in [0, 0.05) is 59.6 Å². The number of hydrogen-bond donors (Lipinski definition) is 0. The van der Waals surface area contributed by atoms with Crippen molar-refractivity contribution in [2.24, 2.45) is 11.8 Å². The molecule has 10 nitrogen and oxygen atoms in total. The Labute approximate surface area is 328 Å². The summed E-state index contributed by atoms with van der Waals surface area (Å²) >= 11 is 0. The molecule has 2 fully saturated rings. The smallest absolute Gasteiger partial charge is 0.417 e. The molecule has 4 heterocycles. The molecule has 0 amide bonds. The second kappa shape index (κ2) is 16.6. The van der Waals surface area contributed by atoms with E-state index in [4.69, 9.17) is 9.47 Å². The zero-order valence-electron chi connectivity index (χ0n) is 32.3. The Hall–Kier alpha value is -5.06. The highest BCUT2D eigenvalue weighted by Crippen LogP contribution is 2.33. The van der Waals surface area contributed by atoms with Gasteiger partial charge in [-0.3, -0.25) is 29.4 Å². The highest BCUT2D eigenvalue weighted by molar-refractivity contribution is 6.29. The molecule has 0 saturated carbocycles. The maximum Gasteiger partial charge on any atom is 0.417 e. The van der Waals surface area contributed by atoms with Crippen molar-refractivity contribution in [2.75, 3.05) is 26.2 Å². The van der Waals surface area contributed by atoms with Gasteiger partial charge in [-0.05, 0) is 125 Å². The highest BCUT2D eigenvalue weighted by atomic mass is 16.6. The standard InChI is InChI=1S/C46H50N4O6/c1-29-11-13-37(27-47-29)43(51)31-15-19-49(20-16-31)39-23-33-7-3-5-9-35(33)25-41(39)55-45(53)46(54)56-42-26-36-10-6-4-8-34(36)24-40(42)50-21-17-32(18-22-50)44(52)38-14-12-30(2)48-28-38/h3-14,27-28,31-32,39-42H,15-26H2,1-2H3. The van der Waals surface area contributed by atoms with Crippen LogP contribution in [0.5, 0.6) is 0 Å². The molecule has 4 aromatic rings. The number of ether oxygens (including phenoxy) is 2. The molecule has 2 aliphatic carbocycles. The molecule has 0 spiro atoms. The molecule has 0 radical (unpaired) electrons. The molecule has 8 rings (SSSR count). The molecule has 2 aromatic carbocycles. The zero-order valence-corrected chi connectivity index (χ0v) is 32.3. The van der Waals surface area contributed by atoms with Gasteiger partial charge in [0.25, 0.3) is 0 Å². The van der Waals surface area contributed by atoms with Crippen LogP contribution in [-0.4, -0.2) is 93.7 Å². The lowest BCUT2D eigenvalue weighted by molar-refractivity contribution is -0.178. The molecule has 10 heteroatoms. The summed E-state index contributed by atoms with van der Waals surface area (Å²) in [5.74, 6) is -1.87. The second-order valence-electron chi connectivity index (χ2n) is 16.1. The molecule has 2 aliphatic heterocycles. The minimum Gasteiger partial charge on any atom is -0.452 e. The van der Waals surface area contributed by atoms with E-state index < -0.39 is 24.1 Å². The number of nitrogens with zero attached hydrogens (tertiary/aromatic N) is 4. The van der Waals surface area contributed by atoms with E-state index >= 15 is 0 Å². The van der Waals surface area contributed by atoms with Gasteiger partial charge < -0.3 is 9.47 Å². The van der Waals surface area contributed by atoms with E-state index in [-0.39, 0.29) is 35.5 Å². The molecule has 4 atom stereocenters. The first kappa shape index (κ1) is 37.8. The molecule has 56 heavy (non-hydrogen) atoms. The first-order chi connectivity index (χ1) is 27.2. The molecule has 290 valence electrons. The number of benzene rings is 2. The van der Waals surface area contributed by atoms with Crippen molar-refractivity contribution in [1.29, 1.82) is 0 Å². The Morgan fingerprint density at radius 3 is 1.21 bits per heavy atom. The van der Waals surface area contributed by atoms with Crippen molar-refractivity contribution in [2.45, 2.75) is 89.5 Å². The highest BCUT2D eigenvalue weighted by Gasteiger charge is 2.42. The van der Waals surface area contributed by atoms with Crippen molar-refractivity contribution in [3.63, 3.8) is 0 Å². The average Bonchev–Trinajstić information content (AvgIpc) is 3.23. The summed E-state index contributed by atoms with van der Waals surface area (Å²) in [4.78, 5) is 67.4.